The van der Waals surface area contributed by atoms with Gasteiger partial charge >= 0.3 is 0 Å². The van der Waals surface area contributed by atoms with E-state index >= 15 is 0 Å². The molecule has 1 N–H and O–H groups in total. The Bertz CT molecular complexity index is 696. The highest BCUT2D eigenvalue weighted by atomic mass is 32.2. The largest absolute Gasteiger partial charge is 0.368 e. The van der Waals surface area contributed by atoms with Gasteiger partial charge < -0.3 is 10.1 Å². The van der Waals surface area contributed by atoms with Crippen LogP contribution in [0.15, 0.2) is 29.2 Å². The quantitative estimate of drug-likeness (QED) is 0.869. The van der Waals surface area contributed by atoms with Crippen molar-refractivity contribution in [3.05, 3.63) is 24.3 Å². The summed E-state index contributed by atoms with van der Waals surface area (Å²) in [5.41, 5.74) is 0.588. The van der Waals surface area contributed by atoms with E-state index in [1.165, 1.54) is 0 Å². The highest BCUT2D eigenvalue weighted by molar-refractivity contribution is 7.89. The summed E-state index contributed by atoms with van der Waals surface area (Å²) in [6.07, 6.45) is 4.96. The molecule has 2 saturated heterocycles. The lowest BCUT2D eigenvalue weighted by Crippen LogP contribution is -2.43. The van der Waals surface area contributed by atoms with E-state index in [0.29, 0.717) is 18.8 Å². The summed E-state index contributed by atoms with van der Waals surface area (Å²) in [4.78, 5) is 12.3. The maximum absolute atomic E-state index is 12.9. The van der Waals surface area contributed by atoms with Crippen molar-refractivity contribution in [2.75, 3.05) is 18.5 Å². The van der Waals surface area contributed by atoms with E-state index in [9.17, 15) is 13.2 Å². The number of nitrogens with zero attached hydrogens (tertiary/aromatic N) is 1. The normalized spacial score (nSPS) is 25.0. The molecular formula is C18H26N2O4S. The summed E-state index contributed by atoms with van der Waals surface area (Å²) in [6.45, 7) is 3.23. The Morgan fingerprint density at radius 3 is 2.60 bits per heavy atom. The van der Waals surface area contributed by atoms with Crippen molar-refractivity contribution in [3.8, 4) is 0 Å². The molecule has 1 amide bonds. The van der Waals surface area contributed by atoms with E-state index in [1.807, 2.05) is 6.92 Å². The minimum Gasteiger partial charge on any atom is -0.368 e. The number of piperidine rings is 1. The predicted octanol–water partition coefficient (Wildman–Crippen LogP) is 2.76. The van der Waals surface area contributed by atoms with Crippen LogP contribution in [0.5, 0.6) is 0 Å². The van der Waals surface area contributed by atoms with E-state index in [2.05, 4.69) is 5.32 Å². The maximum Gasteiger partial charge on any atom is 0.253 e. The molecule has 0 unspecified atom stereocenters. The van der Waals surface area contributed by atoms with Crippen LogP contribution in [0.4, 0.5) is 5.69 Å². The third-order valence-electron chi connectivity index (χ3n) is 4.99. The second-order valence-corrected chi connectivity index (χ2v) is 8.58. The van der Waals surface area contributed by atoms with E-state index in [1.54, 1.807) is 28.6 Å². The van der Waals surface area contributed by atoms with Gasteiger partial charge in [0.1, 0.15) is 6.10 Å². The monoisotopic (exact) mass is 366 g/mol. The lowest BCUT2D eigenvalue weighted by atomic mass is 10.0. The molecule has 0 radical (unpaired) electrons. The first kappa shape index (κ1) is 18.4. The van der Waals surface area contributed by atoms with Crippen molar-refractivity contribution in [2.45, 2.75) is 62.5 Å². The minimum atomic E-state index is -3.49. The average molecular weight is 366 g/mol. The van der Waals surface area contributed by atoms with Crippen molar-refractivity contribution >= 4 is 21.6 Å². The molecule has 138 valence electrons. The number of carbonyl (C=O) groups excluding carboxylic acids is 1. The summed E-state index contributed by atoms with van der Waals surface area (Å²) < 4.78 is 32.8. The van der Waals surface area contributed by atoms with Gasteiger partial charge in [0, 0.05) is 24.9 Å². The number of anilines is 1. The molecule has 1 aromatic rings. The molecule has 2 fully saturated rings. The molecule has 2 heterocycles. The third kappa shape index (κ3) is 4.04. The highest BCUT2D eigenvalue weighted by Crippen LogP contribution is 2.27. The zero-order chi connectivity index (χ0) is 17.9. The number of benzene rings is 1. The summed E-state index contributed by atoms with van der Waals surface area (Å²) in [5, 5.41) is 2.79. The van der Waals surface area contributed by atoms with Gasteiger partial charge in [-0.3, -0.25) is 4.79 Å². The van der Waals surface area contributed by atoms with Crippen LogP contribution in [-0.4, -0.2) is 43.9 Å². The summed E-state index contributed by atoms with van der Waals surface area (Å²) in [5.74, 6) is -0.171. The van der Waals surface area contributed by atoms with Crippen molar-refractivity contribution in [3.63, 3.8) is 0 Å². The van der Waals surface area contributed by atoms with Crippen molar-refractivity contribution in [1.29, 1.82) is 0 Å². The minimum absolute atomic E-state index is 0.0812. The first-order valence-electron chi connectivity index (χ1n) is 9.06. The van der Waals surface area contributed by atoms with Gasteiger partial charge in [-0.2, -0.15) is 4.31 Å². The molecule has 0 saturated carbocycles. The van der Waals surface area contributed by atoms with Crippen LogP contribution in [0.2, 0.25) is 0 Å². The van der Waals surface area contributed by atoms with E-state index in [-0.39, 0.29) is 16.8 Å². The highest BCUT2D eigenvalue weighted by Gasteiger charge is 2.32. The zero-order valence-electron chi connectivity index (χ0n) is 14.6. The topological polar surface area (TPSA) is 75.7 Å². The second kappa shape index (κ2) is 7.85. The number of ether oxygens (including phenoxy) is 1. The number of hydrogen-bond acceptors (Lipinski definition) is 4. The molecule has 1 aromatic carbocycles. The summed E-state index contributed by atoms with van der Waals surface area (Å²) in [7, 11) is -3.49. The van der Waals surface area contributed by atoms with Crippen molar-refractivity contribution in [1.82, 2.24) is 4.31 Å². The zero-order valence-corrected chi connectivity index (χ0v) is 15.4. The van der Waals surface area contributed by atoms with E-state index in [0.717, 1.165) is 38.5 Å². The van der Waals surface area contributed by atoms with Gasteiger partial charge in [0.15, 0.2) is 0 Å². The fraction of sp³-hybridized carbons (Fsp3) is 0.611. The molecule has 2 aliphatic heterocycles. The SMILES string of the molecule is CC[C@H]1CCCCN1S(=O)(=O)c1ccc(NC(=O)[C@@H]2CCCO2)cc1. The molecule has 0 aliphatic carbocycles. The fourth-order valence-corrected chi connectivity index (χ4v) is 5.32. The van der Waals surface area contributed by atoms with E-state index < -0.39 is 16.1 Å². The molecule has 0 aromatic heterocycles. The Morgan fingerprint density at radius 1 is 1.20 bits per heavy atom. The summed E-state index contributed by atoms with van der Waals surface area (Å²) in [6, 6.07) is 6.51. The number of carbonyl (C=O) groups is 1. The molecule has 0 bridgehead atoms. The van der Waals surface area contributed by atoms with Gasteiger partial charge in [-0.1, -0.05) is 13.3 Å². The van der Waals surface area contributed by atoms with Crippen LogP contribution in [-0.2, 0) is 19.6 Å². The van der Waals surface area contributed by atoms with Gasteiger partial charge in [-0.05, 0) is 56.4 Å². The lowest BCUT2D eigenvalue weighted by molar-refractivity contribution is -0.124. The van der Waals surface area contributed by atoms with Crippen LogP contribution in [0, 0.1) is 0 Å². The Labute approximate surface area is 149 Å². The molecule has 0 spiro atoms. The standard InChI is InChI=1S/C18H26N2O4S/c1-2-15-6-3-4-12-20(15)25(22,23)16-10-8-14(9-11-16)19-18(21)17-7-5-13-24-17/h8-11,15,17H,2-7,12-13H2,1H3,(H,19,21)/t15-,17-/m0/s1. The number of rotatable bonds is 5. The Hall–Kier alpha value is -1.44. The van der Waals surface area contributed by atoms with Gasteiger partial charge in [0.2, 0.25) is 10.0 Å². The number of hydrogen-bond donors (Lipinski definition) is 1. The lowest BCUT2D eigenvalue weighted by Gasteiger charge is -2.34. The molecule has 6 nitrogen and oxygen atoms in total. The molecule has 25 heavy (non-hydrogen) atoms. The first-order valence-corrected chi connectivity index (χ1v) is 10.5. The maximum atomic E-state index is 12.9. The van der Waals surface area contributed by atoms with Crippen LogP contribution < -0.4 is 5.32 Å². The van der Waals surface area contributed by atoms with Crippen LogP contribution in [0.1, 0.15) is 45.4 Å². The third-order valence-corrected chi connectivity index (χ3v) is 6.96. The van der Waals surface area contributed by atoms with Crippen LogP contribution in [0.3, 0.4) is 0 Å². The predicted molar refractivity (Wildman–Crippen MR) is 95.9 cm³/mol. The van der Waals surface area contributed by atoms with Crippen molar-refractivity contribution < 1.29 is 17.9 Å². The molecule has 7 heteroatoms. The number of amides is 1. The molecule has 2 atom stereocenters. The Balaban J connectivity index is 1.71. The van der Waals surface area contributed by atoms with E-state index in [4.69, 9.17) is 4.74 Å². The molecule has 3 rings (SSSR count). The second-order valence-electron chi connectivity index (χ2n) is 6.69. The number of nitrogens with one attached hydrogen (secondary N) is 1. The van der Waals surface area contributed by atoms with Crippen LogP contribution >= 0.6 is 0 Å². The smallest absolute Gasteiger partial charge is 0.253 e. The Kier molecular flexibility index (Phi) is 5.76. The van der Waals surface area contributed by atoms with Gasteiger partial charge in [-0.25, -0.2) is 8.42 Å². The Morgan fingerprint density at radius 2 is 1.96 bits per heavy atom. The fourth-order valence-electron chi connectivity index (χ4n) is 3.55. The van der Waals surface area contributed by atoms with Gasteiger partial charge in [0.25, 0.3) is 5.91 Å². The van der Waals surface area contributed by atoms with Gasteiger partial charge in [0.05, 0.1) is 4.90 Å². The number of sulfonamides is 1. The first-order chi connectivity index (χ1) is 12.0. The van der Waals surface area contributed by atoms with Crippen LogP contribution in [0.25, 0.3) is 0 Å². The van der Waals surface area contributed by atoms with Gasteiger partial charge in [-0.15, -0.1) is 0 Å². The summed E-state index contributed by atoms with van der Waals surface area (Å²) >= 11 is 0. The van der Waals surface area contributed by atoms with Crippen molar-refractivity contribution in [2.24, 2.45) is 0 Å². The molecule has 2 aliphatic rings. The molecular weight excluding hydrogens is 340 g/mol. The average Bonchev–Trinajstić information content (AvgIpc) is 3.17.